The molecule has 0 aromatic rings. The second-order valence-electron chi connectivity index (χ2n) is 1.31. The van der Waals surface area contributed by atoms with Crippen LogP contribution in [0.2, 0.25) is 4.44 Å². The molecule has 0 heterocycles. The van der Waals surface area contributed by atoms with Crippen LogP contribution in [0, 0.1) is 0 Å². The minimum Gasteiger partial charge on any atom is -0.412 e. The van der Waals surface area contributed by atoms with Crippen molar-refractivity contribution < 1.29 is 8.55 Å². The fourth-order valence-corrected chi connectivity index (χ4v) is 1.93. The normalized spacial score (nSPS) is 7.00. The van der Waals surface area contributed by atoms with Crippen molar-refractivity contribution in [2.45, 2.75) is 24.2 Å². The van der Waals surface area contributed by atoms with Crippen LogP contribution >= 0.6 is 0 Å². The van der Waals surface area contributed by atoms with Gasteiger partial charge in [-0.3, -0.25) is 0 Å². The molecule has 0 aromatic carbocycles. The molecule has 0 bridgehead atoms. The Morgan fingerprint density at radius 3 is 2.29 bits per heavy atom. The summed E-state index contributed by atoms with van der Waals surface area (Å²) >= 11 is -1.20. The summed E-state index contributed by atoms with van der Waals surface area (Å²) < 4.78 is 10.9. The van der Waals surface area contributed by atoms with Crippen LogP contribution in [0.3, 0.4) is 0 Å². The Labute approximate surface area is 54.2 Å². The van der Waals surface area contributed by atoms with Gasteiger partial charge in [0.1, 0.15) is 0 Å². The van der Waals surface area contributed by atoms with E-state index in [2.05, 4.69) is 6.92 Å². The smallest absolute Gasteiger partial charge is 0.412 e. The molecule has 0 amide bonds. The van der Waals surface area contributed by atoms with Crippen LogP contribution in [-0.2, 0) is 3.08 Å². The van der Waals surface area contributed by atoms with Gasteiger partial charge in [0, 0.05) is 0 Å². The molecule has 0 atom stereocenters. The van der Waals surface area contributed by atoms with Crippen molar-refractivity contribution in [3.63, 3.8) is 0 Å². The predicted octanol–water partition coefficient (Wildman–Crippen LogP) is 0.162. The quantitative estimate of drug-likeness (QED) is 0.484. The maximum Gasteiger partial charge on any atom is -0.412 e. The summed E-state index contributed by atoms with van der Waals surface area (Å²) in [6.45, 7) is 2.12. The summed E-state index contributed by atoms with van der Waals surface area (Å²) in [4.78, 5) is 0. The van der Waals surface area contributed by atoms with Crippen LogP contribution in [0.25, 0.3) is 0 Å². The van der Waals surface area contributed by atoms with Gasteiger partial charge in [-0.2, -0.15) is 0 Å². The largest absolute Gasteiger partial charge is 0.412 e. The Bertz CT molecular complexity index is 38.7. The molecule has 0 fully saturated rings. The summed E-state index contributed by atoms with van der Waals surface area (Å²) in [6, 6.07) is 0. The van der Waals surface area contributed by atoms with E-state index in [1.54, 1.807) is 0 Å². The first-order valence-corrected chi connectivity index (χ1v) is 6.03. The van der Waals surface area contributed by atoms with Crippen molar-refractivity contribution in [3.8, 4) is 0 Å². The zero-order chi connectivity index (χ0) is 4.83. The van der Waals surface area contributed by atoms with Gasteiger partial charge in [-0.05, 0) is 0 Å². The molecule has 0 saturated carbocycles. The molecule has 44 valence electrons. The van der Waals surface area contributed by atoms with Gasteiger partial charge in [-0.25, -0.2) is 0 Å². The Morgan fingerprint density at radius 1 is 1.57 bits per heavy atom. The van der Waals surface area contributed by atoms with Crippen LogP contribution in [0.15, 0.2) is 0 Å². The Balaban J connectivity index is 0. The van der Waals surface area contributed by atoms with Crippen molar-refractivity contribution >= 4 is 21.1 Å². The molecule has 7 heavy (non-hydrogen) atoms. The zero-order valence-corrected chi connectivity index (χ0v) is 7.90. The van der Waals surface area contributed by atoms with Gasteiger partial charge >= 0.3 is 48.4 Å². The average Bonchev–Trinajstić information content (AvgIpc) is 1.61. The van der Waals surface area contributed by atoms with Crippen LogP contribution in [0.4, 0.5) is 0 Å². The van der Waals surface area contributed by atoms with E-state index >= 15 is 0 Å². The Kier molecular flexibility index (Phi) is 14.7. The van der Waals surface area contributed by atoms with Crippen LogP contribution in [0.1, 0.15) is 19.8 Å². The standard InChI is InChI=1S/C4H9.H2O.O.Sn.H/c1-3-4-2;;;;/h1,3-4H2,2H3;1H2;;;. The summed E-state index contributed by atoms with van der Waals surface area (Å²) in [7, 11) is 0. The third kappa shape index (κ3) is 10.8. The van der Waals surface area contributed by atoms with E-state index in [-0.39, 0.29) is 5.48 Å². The minimum absolute atomic E-state index is 0. The average molecular weight is 211 g/mol. The van der Waals surface area contributed by atoms with Gasteiger partial charge in [-0.15, -0.1) is 0 Å². The monoisotopic (exact) mass is 212 g/mol. The van der Waals surface area contributed by atoms with Crippen LogP contribution < -0.4 is 0 Å². The maximum absolute atomic E-state index is 9.88. The molecule has 2 N–H and O–H groups in total. The number of unbranched alkanes of at least 4 members (excludes halogenated alkanes) is 1. The predicted molar refractivity (Wildman–Crippen MR) is 31.2 cm³/mol. The van der Waals surface area contributed by atoms with E-state index in [1.165, 1.54) is 12.8 Å². The molecule has 0 aliphatic rings. The molecule has 0 radical (unpaired) electrons. The number of rotatable bonds is 3. The molecular weight excluding hydrogens is 199 g/mol. The first-order chi connectivity index (χ1) is 2.91. The van der Waals surface area contributed by atoms with E-state index in [9.17, 15) is 3.08 Å². The van der Waals surface area contributed by atoms with Gasteiger partial charge < -0.3 is 5.48 Å². The van der Waals surface area contributed by atoms with Crippen molar-refractivity contribution in [2.75, 3.05) is 0 Å². The third-order valence-corrected chi connectivity index (χ3v) is 2.51. The number of hydrogen-bond acceptors (Lipinski definition) is 1. The van der Waals surface area contributed by atoms with Crippen LogP contribution in [-0.4, -0.2) is 26.6 Å². The third-order valence-electron chi connectivity index (χ3n) is 0.676. The summed E-state index contributed by atoms with van der Waals surface area (Å²) in [5.41, 5.74) is 0. The summed E-state index contributed by atoms with van der Waals surface area (Å²) in [5.74, 6) is 0. The second kappa shape index (κ2) is 9.75. The van der Waals surface area contributed by atoms with Gasteiger partial charge in [-0.1, -0.05) is 0 Å². The fraction of sp³-hybridized carbons (Fsp3) is 1.00. The molecule has 3 heteroatoms. The molecule has 0 unspecified atom stereocenters. The fourth-order valence-electron chi connectivity index (χ4n) is 0.287. The molecule has 2 nitrogen and oxygen atoms in total. The maximum atomic E-state index is 9.88. The van der Waals surface area contributed by atoms with Gasteiger partial charge in [0.05, 0.1) is 0 Å². The molecule has 0 spiro atoms. The van der Waals surface area contributed by atoms with Gasteiger partial charge in [0.25, 0.3) is 0 Å². The van der Waals surface area contributed by atoms with E-state index < -0.39 is 21.1 Å². The van der Waals surface area contributed by atoms with E-state index in [0.717, 1.165) is 4.44 Å². The van der Waals surface area contributed by atoms with E-state index in [1.807, 2.05) is 0 Å². The molecule has 0 aromatic heterocycles. The SMILES string of the molecule is CCC[CH2][SnH]=[O].O. The summed E-state index contributed by atoms with van der Waals surface area (Å²) in [5, 5.41) is 0. The first-order valence-electron chi connectivity index (χ1n) is 2.35. The Morgan fingerprint density at radius 2 is 2.14 bits per heavy atom. The Hall–Kier alpha value is 0.559. The van der Waals surface area contributed by atoms with Crippen molar-refractivity contribution in [3.05, 3.63) is 0 Å². The summed E-state index contributed by atoms with van der Waals surface area (Å²) in [6.07, 6.45) is 2.39. The molecule has 0 saturated heterocycles. The van der Waals surface area contributed by atoms with Crippen molar-refractivity contribution in [1.82, 2.24) is 0 Å². The molecule has 0 rings (SSSR count). The van der Waals surface area contributed by atoms with Crippen molar-refractivity contribution in [1.29, 1.82) is 0 Å². The van der Waals surface area contributed by atoms with Crippen LogP contribution in [0.5, 0.6) is 0 Å². The molecule has 0 aliphatic heterocycles. The topological polar surface area (TPSA) is 48.6 Å². The van der Waals surface area contributed by atoms with E-state index in [0.29, 0.717) is 0 Å². The zero-order valence-electron chi connectivity index (χ0n) is 4.61. The first kappa shape index (κ1) is 10.5. The van der Waals surface area contributed by atoms with E-state index in [4.69, 9.17) is 0 Å². The number of hydrogen-bond donors (Lipinski definition) is 0. The van der Waals surface area contributed by atoms with Crippen molar-refractivity contribution in [2.24, 2.45) is 0 Å². The molecule has 0 aliphatic carbocycles. The van der Waals surface area contributed by atoms with Gasteiger partial charge in [0.15, 0.2) is 0 Å². The van der Waals surface area contributed by atoms with Gasteiger partial charge in [0.2, 0.25) is 0 Å². The minimum atomic E-state index is -1.20. The second-order valence-corrected chi connectivity index (χ2v) is 3.91. The molecular formula is C4H12O2Sn.